The third-order valence-corrected chi connectivity index (χ3v) is 13.2. The molecule has 5 aromatic rings. The van der Waals surface area contributed by atoms with Crippen LogP contribution < -0.4 is 15.9 Å². The van der Waals surface area contributed by atoms with E-state index in [1.807, 2.05) is 149 Å². The quantitative estimate of drug-likeness (QED) is 0.127. The number of benzene rings is 4. The largest absolute Gasteiger partial charge is 0.465 e. The first-order valence-corrected chi connectivity index (χ1v) is 18.7. The van der Waals surface area contributed by atoms with Gasteiger partial charge in [0.05, 0.1) is 6.04 Å². The molecule has 2 atom stereocenters. The minimum Gasteiger partial charge on any atom is -0.465 e. The Bertz CT molecular complexity index is 1880. The number of aromatic nitrogens is 2. The molecule has 0 saturated heterocycles. The van der Waals surface area contributed by atoms with Gasteiger partial charge in [-0.2, -0.15) is 5.26 Å². The van der Waals surface area contributed by atoms with Crippen molar-refractivity contribution < 1.29 is 19.1 Å². The molecule has 1 heterocycles. The maximum atomic E-state index is 15.4. The normalized spacial score (nSPS) is 12.8. The summed E-state index contributed by atoms with van der Waals surface area (Å²) in [6.45, 7) is 4.72. The zero-order chi connectivity index (χ0) is 35.7. The highest BCUT2D eigenvalue weighted by molar-refractivity contribution is 7.97. The Labute approximate surface area is 294 Å². The molecule has 8 nitrogen and oxygen atoms in total. The van der Waals surface area contributed by atoms with Crippen LogP contribution in [0.25, 0.3) is 11.5 Å². The Morgan fingerprint density at radius 3 is 1.72 bits per heavy atom. The molecule has 4 aromatic carbocycles. The number of amides is 1. The van der Waals surface area contributed by atoms with E-state index in [0.717, 1.165) is 27.9 Å². The Morgan fingerprint density at radius 2 is 1.30 bits per heavy atom. The van der Waals surface area contributed by atoms with E-state index in [0.29, 0.717) is 12.3 Å². The van der Waals surface area contributed by atoms with Crippen LogP contribution in [0, 0.1) is 16.7 Å². The Morgan fingerprint density at radius 1 is 0.820 bits per heavy atom. The van der Waals surface area contributed by atoms with Crippen molar-refractivity contribution in [1.82, 2.24) is 15.1 Å². The molecule has 0 aliphatic rings. The van der Waals surface area contributed by atoms with Gasteiger partial charge in [-0.3, -0.25) is 9.69 Å². The molecule has 0 aliphatic carbocycles. The van der Waals surface area contributed by atoms with Gasteiger partial charge >= 0.3 is 6.09 Å². The van der Waals surface area contributed by atoms with Crippen molar-refractivity contribution in [1.29, 1.82) is 5.26 Å². The van der Waals surface area contributed by atoms with Crippen LogP contribution in [0.3, 0.4) is 0 Å². The maximum Gasteiger partial charge on any atom is 0.408 e. The fraction of sp³-hybridized carbons (Fsp3) is 0.268. The number of nitriles is 1. The van der Waals surface area contributed by atoms with E-state index in [-0.39, 0.29) is 24.0 Å². The second-order valence-electron chi connectivity index (χ2n) is 13.3. The van der Waals surface area contributed by atoms with Gasteiger partial charge in [0, 0.05) is 18.0 Å². The Kier molecular flexibility index (Phi) is 11.5. The molecule has 50 heavy (non-hydrogen) atoms. The minimum atomic E-state index is -3.10. The Balaban J connectivity index is 1.74. The molecule has 1 N–H and O–H groups in total. The zero-order valence-electron chi connectivity index (χ0n) is 28.9. The molecule has 0 fully saturated rings. The van der Waals surface area contributed by atoms with E-state index in [1.54, 1.807) is 0 Å². The van der Waals surface area contributed by atoms with Gasteiger partial charge in [-0.25, -0.2) is 4.79 Å². The van der Waals surface area contributed by atoms with Crippen molar-refractivity contribution in [3.8, 4) is 17.5 Å². The molecule has 9 heteroatoms. The van der Waals surface area contributed by atoms with Gasteiger partial charge in [-0.15, -0.1) is 10.2 Å². The lowest BCUT2D eigenvalue weighted by Gasteiger charge is -2.42. The predicted molar refractivity (Wildman–Crippen MR) is 201 cm³/mol. The molecule has 0 bridgehead atoms. The number of carbonyl (C=O) groups is 2. The SMILES string of the molecule is CCCC[C@@H](C(=O)C(C#N)=P(c1ccccc1)(c1ccccc1)c1ccccc1)N(C(=O)O)C(Cc1nnc(-c2ccccc2)o1)C(C)(C)C. The summed E-state index contributed by atoms with van der Waals surface area (Å²) in [6, 6.07) is 38.9. The van der Waals surface area contributed by atoms with E-state index < -0.39 is 36.3 Å². The number of Topliss-reactive ketones (excluding diaryl/α,β-unsaturated/α-hetero) is 1. The van der Waals surface area contributed by atoms with Crippen molar-refractivity contribution >= 4 is 40.0 Å². The van der Waals surface area contributed by atoms with Gasteiger partial charge < -0.3 is 9.52 Å². The molecular formula is C41H43N4O4P. The van der Waals surface area contributed by atoms with E-state index in [1.165, 1.54) is 4.90 Å². The van der Waals surface area contributed by atoms with Crippen LogP contribution in [-0.2, 0) is 11.2 Å². The molecule has 0 radical (unpaired) electrons. The number of nitrogens with zero attached hydrogens (tertiary/aromatic N) is 4. The predicted octanol–water partition coefficient (Wildman–Crippen LogP) is 7.49. The summed E-state index contributed by atoms with van der Waals surface area (Å²) in [5.41, 5.74) is 0.0999. The lowest BCUT2D eigenvalue weighted by Crippen LogP contribution is -2.57. The summed E-state index contributed by atoms with van der Waals surface area (Å²) >= 11 is 0. The van der Waals surface area contributed by atoms with Gasteiger partial charge in [0.1, 0.15) is 11.4 Å². The van der Waals surface area contributed by atoms with Crippen molar-refractivity contribution in [3.63, 3.8) is 0 Å². The van der Waals surface area contributed by atoms with E-state index in [4.69, 9.17) is 4.42 Å². The first kappa shape index (κ1) is 36.0. The van der Waals surface area contributed by atoms with Gasteiger partial charge in [-0.05, 0) is 46.8 Å². The van der Waals surface area contributed by atoms with Crippen molar-refractivity contribution in [3.05, 3.63) is 127 Å². The van der Waals surface area contributed by atoms with Crippen molar-refractivity contribution in [2.75, 3.05) is 0 Å². The number of ketones is 1. The van der Waals surface area contributed by atoms with Crippen LogP contribution in [0.4, 0.5) is 4.79 Å². The van der Waals surface area contributed by atoms with Crippen LogP contribution in [0.1, 0.15) is 52.8 Å². The van der Waals surface area contributed by atoms with Crippen LogP contribution in [-0.4, -0.2) is 49.5 Å². The van der Waals surface area contributed by atoms with Gasteiger partial charge in [0.15, 0.2) is 5.78 Å². The lowest BCUT2D eigenvalue weighted by molar-refractivity contribution is -0.119. The first-order valence-electron chi connectivity index (χ1n) is 16.9. The van der Waals surface area contributed by atoms with E-state index in [9.17, 15) is 15.2 Å². The third-order valence-electron chi connectivity index (χ3n) is 8.99. The van der Waals surface area contributed by atoms with Gasteiger partial charge in [0.25, 0.3) is 0 Å². The van der Waals surface area contributed by atoms with Crippen LogP contribution >= 0.6 is 6.89 Å². The summed E-state index contributed by atoms with van der Waals surface area (Å²) in [5.74, 6) is 0.107. The molecule has 5 rings (SSSR count). The number of hydrogen-bond acceptors (Lipinski definition) is 6. The maximum absolute atomic E-state index is 15.4. The molecule has 256 valence electrons. The highest BCUT2D eigenvalue weighted by atomic mass is 31.2. The van der Waals surface area contributed by atoms with Crippen LogP contribution in [0.2, 0.25) is 0 Å². The third kappa shape index (κ3) is 7.49. The summed E-state index contributed by atoms with van der Waals surface area (Å²) in [7, 11) is 0. The summed E-state index contributed by atoms with van der Waals surface area (Å²) in [4.78, 5) is 30.1. The molecule has 0 aliphatic heterocycles. The summed E-state index contributed by atoms with van der Waals surface area (Å²) in [5, 5.41) is 33.3. The molecule has 1 aromatic heterocycles. The average molecular weight is 687 g/mol. The zero-order valence-corrected chi connectivity index (χ0v) is 29.8. The van der Waals surface area contributed by atoms with Crippen molar-refractivity contribution in [2.24, 2.45) is 5.41 Å². The summed E-state index contributed by atoms with van der Waals surface area (Å²) in [6.07, 6.45) is 0.407. The number of hydrogen-bond donors (Lipinski definition) is 1. The van der Waals surface area contributed by atoms with Crippen molar-refractivity contribution in [2.45, 2.75) is 65.5 Å². The fourth-order valence-corrected chi connectivity index (χ4v) is 10.7. The monoisotopic (exact) mass is 686 g/mol. The molecule has 0 saturated carbocycles. The number of carboxylic acid groups (broad SMARTS) is 1. The lowest BCUT2D eigenvalue weighted by atomic mass is 9.82. The molecule has 0 spiro atoms. The van der Waals surface area contributed by atoms with E-state index >= 15 is 4.79 Å². The average Bonchev–Trinajstić information content (AvgIpc) is 3.61. The smallest absolute Gasteiger partial charge is 0.408 e. The topological polar surface area (TPSA) is 120 Å². The Hall–Kier alpha value is -5.25. The highest BCUT2D eigenvalue weighted by Crippen LogP contribution is 2.47. The number of rotatable bonds is 13. The van der Waals surface area contributed by atoms with E-state index in [2.05, 4.69) is 16.3 Å². The molecule has 1 amide bonds. The minimum absolute atomic E-state index is 0.0604. The second kappa shape index (κ2) is 16.0. The van der Waals surface area contributed by atoms with Gasteiger partial charge in [-0.1, -0.05) is 150 Å². The summed E-state index contributed by atoms with van der Waals surface area (Å²) < 4.78 is 6.06. The second-order valence-corrected chi connectivity index (χ2v) is 16.6. The van der Waals surface area contributed by atoms with Crippen LogP contribution in [0.5, 0.6) is 0 Å². The number of carbonyl (C=O) groups excluding carboxylic acids is 1. The fourth-order valence-electron chi connectivity index (χ4n) is 6.54. The molecule has 1 unspecified atom stereocenters. The highest BCUT2D eigenvalue weighted by Gasteiger charge is 2.44. The number of unbranched alkanes of at least 4 members (excludes halogenated alkanes) is 1. The standard InChI is InChI=1S/C41H43N4O4P/c1-5-6-27-34(45(40(47)48)36(41(2,3)4)28-37-43-44-39(49-37)30-19-11-7-12-20-30)38(46)35(29-42)50(31-21-13-8-14-22-31,32-23-15-9-16-24-32)33-25-17-10-18-26-33/h7-26,34,36H,5-6,27-28H2,1-4H3,(H,47,48)/t34-,36?/m0/s1. The first-order chi connectivity index (χ1) is 24.1. The van der Waals surface area contributed by atoms with Gasteiger partial charge in [0.2, 0.25) is 11.8 Å². The van der Waals surface area contributed by atoms with Crippen LogP contribution in [0.15, 0.2) is 126 Å². The molecular weight excluding hydrogens is 643 g/mol.